The van der Waals surface area contributed by atoms with Crippen LogP contribution in [0.2, 0.25) is 0 Å². The van der Waals surface area contributed by atoms with Crippen LogP contribution in [0.3, 0.4) is 0 Å². The smallest absolute Gasteiger partial charge is 0.407 e. The zero-order valence-electron chi connectivity index (χ0n) is 19.9. The number of benzene rings is 1. The molecule has 0 unspecified atom stereocenters. The Morgan fingerprint density at radius 1 is 1.14 bits per heavy atom. The molecule has 0 spiro atoms. The molecule has 0 saturated carbocycles. The van der Waals surface area contributed by atoms with Crippen molar-refractivity contribution in [2.75, 3.05) is 18.5 Å². The molecular weight excluding hydrogens is 454 g/mol. The Morgan fingerprint density at radius 2 is 1.94 bits per heavy atom. The molecule has 186 valence electrons. The van der Waals surface area contributed by atoms with Gasteiger partial charge in [0.25, 0.3) is 0 Å². The minimum atomic E-state index is -1.02. The van der Waals surface area contributed by atoms with Crippen LogP contribution in [0.25, 0.3) is 16.8 Å². The van der Waals surface area contributed by atoms with Gasteiger partial charge in [-0.05, 0) is 44.9 Å². The third kappa shape index (κ3) is 7.98. The number of hydrogen-bond donors (Lipinski definition) is 3. The maximum absolute atomic E-state index is 12.0. The van der Waals surface area contributed by atoms with E-state index in [4.69, 9.17) is 14.6 Å². The minimum Gasteiger partial charge on any atom is -0.481 e. The number of anilines is 1. The fourth-order valence-corrected chi connectivity index (χ4v) is 3.10. The summed E-state index contributed by atoms with van der Waals surface area (Å²) in [4.78, 5) is 38.9. The van der Waals surface area contributed by atoms with Crippen LogP contribution in [0.15, 0.2) is 42.7 Å². The number of nitrogens with one attached hydrogen (secondary N) is 2. The summed E-state index contributed by atoms with van der Waals surface area (Å²) in [6, 6.07) is 8.84. The first kappa shape index (κ1) is 25.5. The molecule has 0 bridgehead atoms. The molecule has 2 amide bonds. The Balaban J connectivity index is 1.61. The van der Waals surface area contributed by atoms with Crippen LogP contribution in [0.4, 0.5) is 10.5 Å². The van der Waals surface area contributed by atoms with Crippen molar-refractivity contribution in [2.45, 2.75) is 45.6 Å². The molecular formula is C24H29N5O6. The number of nitrogens with zero attached hydrogens (tertiary/aromatic N) is 3. The number of rotatable bonds is 10. The highest BCUT2D eigenvalue weighted by Gasteiger charge is 2.15. The molecule has 0 fully saturated rings. The van der Waals surface area contributed by atoms with Gasteiger partial charge in [0.1, 0.15) is 5.60 Å². The standard InChI is InChI=1S/C24H29N5O6/c1-24(2,3)35-23(33)25-11-5-13-34-20-10-12-29-22(28-20)18(15-26-29)16-6-4-7-17(14-16)27-19(30)8-9-21(31)32/h4,6-7,10,12,14-15H,5,8-9,11,13H2,1-3H3,(H,25,33)(H,27,30)(H,31,32). The second-order valence-corrected chi connectivity index (χ2v) is 8.75. The van der Waals surface area contributed by atoms with E-state index in [0.29, 0.717) is 36.8 Å². The molecule has 3 aromatic rings. The average molecular weight is 484 g/mol. The number of alkyl carbamates (subject to hydrolysis) is 1. The van der Waals surface area contributed by atoms with E-state index >= 15 is 0 Å². The van der Waals surface area contributed by atoms with Crippen molar-refractivity contribution in [3.8, 4) is 17.0 Å². The van der Waals surface area contributed by atoms with E-state index in [1.54, 1.807) is 61.9 Å². The van der Waals surface area contributed by atoms with E-state index < -0.39 is 17.7 Å². The van der Waals surface area contributed by atoms with E-state index in [0.717, 1.165) is 11.1 Å². The molecule has 11 heteroatoms. The van der Waals surface area contributed by atoms with E-state index in [1.807, 2.05) is 6.07 Å². The van der Waals surface area contributed by atoms with Gasteiger partial charge in [0.15, 0.2) is 5.65 Å². The Kier molecular flexibility index (Phi) is 8.24. The summed E-state index contributed by atoms with van der Waals surface area (Å²) in [6.45, 7) is 6.16. The molecule has 0 aliphatic rings. The first-order valence-electron chi connectivity index (χ1n) is 11.2. The van der Waals surface area contributed by atoms with Crippen molar-refractivity contribution in [3.05, 3.63) is 42.7 Å². The predicted octanol–water partition coefficient (Wildman–Crippen LogP) is 3.49. The maximum Gasteiger partial charge on any atom is 0.407 e. The van der Waals surface area contributed by atoms with E-state index in [2.05, 4.69) is 20.7 Å². The highest BCUT2D eigenvalue weighted by Crippen LogP contribution is 2.27. The van der Waals surface area contributed by atoms with Crippen LogP contribution in [0.1, 0.15) is 40.0 Å². The molecule has 0 saturated heterocycles. The first-order chi connectivity index (χ1) is 16.6. The number of carboxylic acid groups (broad SMARTS) is 1. The topological polar surface area (TPSA) is 144 Å². The van der Waals surface area contributed by atoms with E-state index in [-0.39, 0.29) is 18.7 Å². The van der Waals surface area contributed by atoms with Crippen LogP contribution < -0.4 is 15.4 Å². The van der Waals surface area contributed by atoms with Crippen LogP contribution in [-0.4, -0.2) is 56.4 Å². The lowest BCUT2D eigenvalue weighted by molar-refractivity contribution is -0.138. The quantitative estimate of drug-likeness (QED) is 0.372. The summed E-state index contributed by atoms with van der Waals surface area (Å²) in [7, 11) is 0. The molecule has 35 heavy (non-hydrogen) atoms. The fourth-order valence-electron chi connectivity index (χ4n) is 3.10. The summed E-state index contributed by atoms with van der Waals surface area (Å²) in [6.07, 6.45) is 3.16. The molecule has 0 aliphatic carbocycles. The second-order valence-electron chi connectivity index (χ2n) is 8.75. The van der Waals surface area contributed by atoms with Crippen LogP contribution in [0, 0.1) is 0 Å². The number of fused-ring (bicyclic) bond motifs is 1. The summed E-state index contributed by atoms with van der Waals surface area (Å²) < 4.78 is 12.5. The van der Waals surface area contributed by atoms with Crippen molar-refractivity contribution in [3.63, 3.8) is 0 Å². The van der Waals surface area contributed by atoms with Gasteiger partial charge in [0.05, 0.1) is 19.2 Å². The SMILES string of the molecule is CC(C)(C)OC(=O)NCCCOc1ccn2ncc(-c3cccc(NC(=O)CCC(=O)O)c3)c2n1. The number of carbonyl (C=O) groups excluding carboxylic acids is 2. The minimum absolute atomic E-state index is 0.105. The fraction of sp³-hybridized carbons (Fsp3) is 0.375. The van der Waals surface area contributed by atoms with Gasteiger partial charge in [-0.15, -0.1) is 0 Å². The summed E-state index contributed by atoms with van der Waals surface area (Å²) in [5.41, 5.74) is 2.09. The highest BCUT2D eigenvalue weighted by molar-refractivity contribution is 5.93. The maximum atomic E-state index is 12.0. The van der Waals surface area contributed by atoms with Crippen molar-refractivity contribution in [1.29, 1.82) is 0 Å². The van der Waals surface area contributed by atoms with Crippen LogP contribution in [0.5, 0.6) is 5.88 Å². The molecule has 1 aromatic carbocycles. The number of ether oxygens (including phenoxy) is 2. The van der Waals surface area contributed by atoms with Gasteiger partial charge in [0.2, 0.25) is 11.8 Å². The molecule has 3 rings (SSSR count). The van der Waals surface area contributed by atoms with Gasteiger partial charge in [-0.25, -0.2) is 9.31 Å². The van der Waals surface area contributed by atoms with Gasteiger partial charge < -0.3 is 25.2 Å². The molecule has 0 radical (unpaired) electrons. The van der Waals surface area contributed by atoms with Gasteiger partial charge in [0, 0.05) is 36.5 Å². The third-order valence-electron chi connectivity index (χ3n) is 4.61. The molecule has 2 aromatic heterocycles. The first-order valence-corrected chi connectivity index (χ1v) is 11.2. The van der Waals surface area contributed by atoms with Crippen molar-refractivity contribution >= 4 is 29.3 Å². The van der Waals surface area contributed by atoms with Crippen molar-refractivity contribution < 1.29 is 29.0 Å². The monoisotopic (exact) mass is 483 g/mol. The molecule has 0 aliphatic heterocycles. The second kappa shape index (κ2) is 11.3. The van der Waals surface area contributed by atoms with Gasteiger partial charge in [-0.3, -0.25) is 9.59 Å². The Morgan fingerprint density at radius 3 is 2.69 bits per heavy atom. The van der Waals surface area contributed by atoms with Crippen molar-refractivity contribution in [2.24, 2.45) is 0 Å². The summed E-state index contributed by atoms with van der Waals surface area (Å²) in [5, 5.41) is 18.4. The van der Waals surface area contributed by atoms with Crippen LogP contribution in [-0.2, 0) is 14.3 Å². The molecule has 2 heterocycles. The third-order valence-corrected chi connectivity index (χ3v) is 4.61. The lowest BCUT2D eigenvalue weighted by Crippen LogP contribution is -2.33. The predicted molar refractivity (Wildman–Crippen MR) is 128 cm³/mol. The van der Waals surface area contributed by atoms with E-state index in [9.17, 15) is 14.4 Å². The van der Waals surface area contributed by atoms with Gasteiger partial charge in [-0.1, -0.05) is 12.1 Å². The highest BCUT2D eigenvalue weighted by atomic mass is 16.6. The van der Waals surface area contributed by atoms with Crippen LogP contribution >= 0.6 is 0 Å². The number of aliphatic carboxylic acids is 1. The largest absolute Gasteiger partial charge is 0.481 e. The molecule has 3 N–H and O–H groups in total. The zero-order chi connectivity index (χ0) is 25.4. The lowest BCUT2D eigenvalue weighted by atomic mass is 10.1. The van der Waals surface area contributed by atoms with Gasteiger partial charge in [-0.2, -0.15) is 10.1 Å². The molecule has 0 atom stereocenters. The number of carboxylic acids is 1. The number of amides is 2. The van der Waals surface area contributed by atoms with Gasteiger partial charge >= 0.3 is 12.1 Å². The number of carbonyl (C=O) groups is 3. The summed E-state index contributed by atoms with van der Waals surface area (Å²) in [5.74, 6) is -0.988. The van der Waals surface area contributed by atoms with E-state index in [1.165, 1.54) is 0 Å². The normalized spacial score (nSPS) is 11.2. The summed E-state index contributed by atoms with van der Waals surface area (Å²) >= 11 is 0. The molecule has 11 nitrogen and oxygen atoms in total. The Hall–Kier alpha value is -4.15. The number of aromatic nitrogens is 3. The van der Waals surface area contributed by atoms with Crippen molar-refractivity contribution in [1.82, 2.24) is 19.9 Å². The average Bonchev–Trinajstić information content (AvgIpc) is 3.20. The zero-order valence-corrected chi connectivity index (χ0v) is 19.9. The lowest BCUT2D eigenvalue weighted by Gasteiger charge is -2.19. The number of hydrogen-bond acceptors (Lipinski definition) is 7. The Bertz CT molecular complexity index is 1200. The Labute approximate surface area is 202 Å².